The lowest BCUT2D eigenvalue weighted by molar-refractivity contribution is -0.384. The Balaban J connectivity index is 2.36. The van der Waals surface area contributed by atoms with Crippen LogP contribution in [0.2, 0.25) is 0 Å². The highest BCUT2D eigenvalue weighted by molar-refractivity contribution is 8.76. The fourth-order valence-corrected chi connectivity index (χ4v) is 3.71. The number of nitrogens with zero attached hydrogens (tertiary/aromatic N) is 3. The van der Waals surface area contributed by atoms with Crippen LogP contribution in [0.5, 0.6) is 0 Å². The Hall–Kier alpha value is -0.950. The summed E-state index contributed by atoms with van der Waals surface area (Å²) in [4.78, 5) is 17.0. The van der Waals surface area contributed by atoms with Crippen LogP contribution in [0.4, 0.5) is 11.5 Å². The summed E-state index contributed by atoms with van der Waals surface area (Å²) in [5.41, 5.74) is 0.814. The van der Waals surface area contributed by atoms with E-state index in [-0.39, 0.29) is 10.6 Å². The molecule has 1 fully saturated rings. The lowest BCUT2D eigenvalue weighted by Crippen LogP contribution is -2.28. The van der Waals surface area contributed by atoms with E-state index in [1.165, 1.54) is 0 Å². The Morgan fingerprint density at radius 1 is 1.41 bits per heavy atom. The fourth-order valence-electron chi connectivity index (χ4n) is 1.73. The van der Waals surface area contributed by atoms with E-state index in [0.29, 0.717) is 11.4 Å². The van der Waals surface area contributed by atoms with Crippen LogP contribution in [0, 0.1) is 17.0 Å². The highest BCUT2D eigenvalue weighted by atomic mass is 33.1. The summed E-state index contributed by atoms with van der Waals surface area (Å²) in [6.45, 7) is 3.38. The zero-order valence-corrected chi connectivity index (χ0v) is 11.1. The molecule has 2 heterocycles. The summed E-state index contributed by atoms with van der Waals surface area (Å²) in [5, 5.41) is 11.1. The van der Waals surface area contributed by atoms with Gasteiger partial charge >= 0.3 is 5.69 Å². The summed E-state index contributed by atoms with van der Waals surface area (Å²) < 4.78 is 0. The molecule has 0 amide bonds. The molecule has 0 aliphatic carbocycles. The van der Waals surface area contributed by atoms with Crippen LogP contribution < -0.4 is 4.90 Å². The predicted octanol–water partition coefficient (Wildman–Crippen LogP) is 2.50. The molecule has 7 heteroatoms. The van der Waals surface area contributed by atoms with Gasteiger partial charge in [-0.2, -0.15) is 0 Å². The van der Waals surface area contributed by atoms with Gasteiger partial charge in [-0.3, -0.25) is 10.1 Å². The molecule has 1 aliphatic heterocycles. The first-order chi connectivity index (χ1) is 8.20. The Kier molecular flexibility index (Phi) is 4.11. The molecule has 0 atom stereocenters. The first-order valence-corrected chi connectivity index (χ1v) is 7.78. The van der Waals surface area contributed by atoms with Crippen molar-refractivity contribution in [1.29, 1.82) is 0 Å². The van der Waals surface area contributed by atoms with Crippen LogP contribution in [-0.4, -0.2) is 34.5 Å². The van der Waals surface area contributed by atoms with Crippen LogP contribution in [0.25, 0.3) is 0 Å². The smallest absolute Gasteiger partial charge is 0.314 e. The van der Waals surface area contributed by atoms with E-state index in [9.17, 15) is 10.1 Å². The van der Waals surface area contributed by atoms with Crippen molar-refractivity contribution in [3.05, 3.63) is 27.9 Å². The standard InChI is InChI=1S/C10H13N3O2S2/c1-8-2-3-11-10(9(8)13(14)15)12-4-6-16-17-7-5-12/h2-3H,4-7H2,1H3. The zero-order chi connectivity index (χ0) is 12.3. The van der Waals surface area contributed by atoms with Gasteiger partial charge in [0.05, 0.1) is 4.92 Å². The van der Waals surface area contributed by atoms with Crippen molar-refractivity contribution in [2.24, 2.45) is 0 Å². The number of pyridine rings is 1. The molecule has 0 saturated carbocycles. The summed E-state index contributed by atoms with van der Waals surface area (Å²) in [6, 6.07) is 1.68. The van der Waals surface area contributed by atoms with Gasteiger partial charge in [-0.25, -0.2) is 4.98 Å². The maximum Gasteiger partial charge on any atom is 0.314 e. The van der Waals surface area contributed by atoms with Crippen molar-refractivity contribution < 1.29 is 4.92 Å². The Morgan fingerprint density at radius 2 is 2.06 bits per heavy atom. The molecule has 5 nitrogen and oxygen atoms in total. The molecule has 0 spiro atoms. The van der Waals surface area contributed by atoms with E-state index in [1.54, 1.807) is 19.2 Å². The van der Waals surface area contributed by atoms with Crippen molar-refractivity contribution in [1.82, 2.24) is 4.98 Å². The van der Waals surface area contributed by atoms with Gasteiger partial charge in [-0.15, -0.1) is 0 Å². The molecule has 0 aromatic carbocycles. The third-order valence-corrected chi connectivity index (χ3v) is 4.93. The minimum absolute atomic E-state index is 0.143. The van der Waals surface area contributed by atoms with Crippen LogP contribution in [0.1, 0.15) is 5.56 Å². The summed E-state index contributed by atoms with van der Waals surface area (Å²) >= 11 is 0. The van der Waals surface area contributed by atoms with Gasteiger partial charge in [-0.1, -0.05) is 21.6 Å². The molecule has 92 valence electrons. The molecule has 0 unspecified atom stereocenters. The molecular weight excluding hydrogens is 258 g/mol. The molecule has 0 radical (unpaired) electrons. The molecule has 1 aromatic heterocycles. The van der Waals surface area contributed by atoms with Crippen molar-refractivity contribution in [2.75, 3.05) is 29.5 Å². The van der Waals surface area contributed by atoms with Gasteiger partial charge in [0, 0.05) is 36.4 Å². The van der Waals surface area contributed by atoms with E-state index in [4.69, 9.17) is 0 Å². The minimum Gasteiger partial charge on any atom is -0.349 e. The first-order valence-electron chi connectivity index (χ1n) is 5.29. The number of aromatic nitrogens is 1. The second-order valence-corrected chi connectivity index (χ2v) is 6.39. The molecule has 17 heavy (non-hydrogen) atoms. The van der Waals surface area contributed by atoms with Crippen molar-refractivity contribution in [2.45, 2.75) is 6.92 Å². The Morgan fingerprint density at radius 3 is 2.65 bits per heavy atom. The number of anilines is 1. The van der Waals surface area contributed by atoms with E-state index < -0.39 is 0 Å². The monoisotopic (exact) mass is 271 g/mol. The van der Waals surface area contributed by atoms with Gasteiger partial charge in [0.2, 0.25) is 5.82 Å². The minimum atomic E-state index is -0.331. The van der Waals surface area contributed by atoms with E-state index in [2.05, 4.69) is 4.98 Å². The third kappa shape index (κ3) is 2.84. The molecule has 1 saturated heterocycles. The maximum absolute atomic E-state index is 11.1. The van der Waals surface area contributed by atoms with Gasteiger partial charge < -0.3 is 4.90 Å². The van der Waals surface area contributed by atoms with Crippen LogP contribution in [0.3, 0.4) is 0 Å². The highest BCUT2D eigenvalue weighted by Gasteiger charge is 2.24. The number of hydrogen-bond acceptors (Lipinski definition) is 6. The Bertz CT molecular complexity index is 420. The number of nitro groups is 1. The average Bonchev–Trinajstić information content (AvgIpc) is 2.56. The summed E-state index contributed by atoms with van der Waals surface area (Å²) in [7, 11) is 3.62. The fraction of sp³-hybridized carbons (Fsp3) is 0.500. The third-order valence-electron chi connectivity index (χ3n) is 2.56. The van der Waals surface area contributed by atoms with E-state index in [1.807, 2.05) is 26.5 Å². The summed E-state index contributed by atoms with van der Waals surface area (Å²) in [5.74, 6) is 2.45. The molecule has 1 aromatic rings. The second-order valence-electron chi connectivity index (χ2n) is 3.69. The lowest BCUT2D eigenvalue weighted by atomic mass is 10.2. The predicted molar refractivity (Wildman–Crippen MR) is 72.8 cm³/mol. The Labute approximate surface area is 108 Å². The second kappa shape index (κ2) is 5.59. The van der Waals surface area contributed by atoms with Crippen LogP contribution in [0.15, 0.2) is 12.3 Å². The molecule has 0 N–H and O–H groups in total. The average molecular weight is 271 g/mol. The molecular formula is C10H13N3O2S2. The maximum atomic E-state index is 11.1. The van der Waals surface area contributed by atoms with Crippen molar-refractivity contribution >= 4 is 33.1 Å². The van der Waals surface area contributed by atoms with E-state index in [0.717, 1.165) is 24.6 Å². The number of rotatable bonds is 2. The summed E-state index contributed by atoms with van der Waals surface area (Å²) in [6.07, 6.45) is 1.64. The first kappa shape index (κ1) is 12.5. The zero-order valence-electron chi connectivity index (χ0n) is 9.46. The van der Waals surface area contributed by atoms with E-state index >= 15 is 0 Å². The SMILES string of the molecule is Cc1ccnc(N2CCSSCC2)c1[N+](=O)[O-]. The normalized spacial score (nSPS) is 16.6. The lowest BCUT2D eigenvalue weighted by Gasteiger charge is -2.20. The van der Waals surface area contributed by atoms with Crippen LogP contribution >= 0.6 is 21.6 Å². The molecule has 2 rings (SSSR count). The van der Waals surface area contributed by atoms with Crippen LogP contribution in [-0.2, 0) is 0 Å². The molecule has 1 aliphatic rings. The number of aryl methyl sites for hydroxylation is 1. The van der Waals surface area contributed by atoms with Gasteiger partial charge in [0.1, 0.15) is 0 Å². The highest BCUT2D eigenvalue weighted by Crippen LogP contribution is 2.32. The van der Waals surface area contributed by atoms with Gasteiger partial charge in [0.15, 0.2) is 0 Å². The van der Waals surface area contributed by atoms with Crippen molar-refractivity contribution in [3.8, 4) is 0 Å². The van der Waals surface area contributed by atoms with Gasteiger partial charge in [0.25, 0.3) is 0 Å². The number of hydrogen-bond donors (Lipinski definition) is 0. The molecule has 0 bridgehead atoms. The quantitative estimate of drug-likeness (QED) is 0.468. The van der Waals surface area contributed by atoms with Crippen molar-refractivity contribution in [3.63, 3.8) is 0 Å². The van der Waals surface area contributed by atoms with Gasteiger partial charge in [-0.05, 0) is 13.0 Å². The topological polar surface area (TPSA) is 59.3 Å². The largest absolute Gasteiger partial charge is 0.349 e.